The lowest BCUT2D eigenvalue weighted by Gasteiger charge is -2.12. The maximum absolute atomic E-state index is 12.9. The van der Waals surface area contributed by atoms with Gasteiger partial charge in [0.25, 0.3) is 5.91 Å². The number of halogens is 2. The van der Waals surface area contributed by atoms with Crippen LogP contribution >= 0.6 is 23.2 Å². The summed E-state index contributed by atoms with van der Waals surface area (Å²) < 4.78 is 5.90. The molecule has 0 saturated heterocycles. The van der Waals surface area contributed by atoms with Crippen molar-refractivity contribution in [3.8, 4) is 11.3 Å². The Morgan fingerprint density at radius 2 is 1.79 bits per heavy atom. The first-order valence-corrected chi connectivity index (χ1v) is 9.42. The van der Waals surface area contributed by atoms with Crippen molar-refractivity contribution >= 4 is 46.6 Å². The van der Waals surface area contributed by atoms with Gasteiger partial charge in [-0.05, 0) is 55.8 Å². The van der Waals surface area contributed by atoms with Crippen LogP contribution in [0.1, 0.15) is 18.2 Å². The minimum absolute atomic E-state index is 0.248. The van der Waals surface area contributed by atoms with Crippen molar-refractivity contribution < 1.29 is 9.21 Å². The second-order valence-corrected chi connectivity index (χ2v) is 7.29. The smallest absolute Gasteiger partial charge is 0.280 e. The number of hydrogen-bond acceptors (Lipinski definition) is 3. The molecule has 2 aromatic carbocycles. The van der Waals surface area contributed by atoms with Crippen molar-refractivity contribution in [2.75, 3.05) is 5.01 Å². The molecule has 0 fully saturated rings. The summed E-state index contributed by atoms with van der Waals surface area (Å²) in [4.78, 5) is 12.9. The minimum atomic E-state index is -0.248. The van der Waals surface area contributed by atoms with Crippen LogP contribution in [0.4, 0.5) is 5.69 Å². The summed E-state index contributed by atoms with van der Waals surface area (Å²) in [6.07, 6.45) is 1.69. The number of rotatable bonds is 3. The monoisotopic (exact) mass is 410 g/mol. The number of amides is 1. The molecule has 0 bridgehead atoms. The van der Waals surface area contributed by atoms with Crippen LogP contribution in [0.15, 0.2) is 69.7 Å². The molecule has 0 radical (unpaired) electrons. The average molecular weight is 411 g/mol. The second kappa shape index (κ2) is 7.30. The quantitative estimate of drug-likeness (QED) is 0.470. The fourth-order valence-electron chi connectivity index (χ4n) is 2.95. The minimum Gasteiger partial charge on any atom is -0.457 e. The Kier molecular flexibility index (Phi) is 4.84. The van der Waals surface area contributed by atoms with E-state index in [1.165, 1.54) is 5.01 Å². The molecule has 0 N–H and O–H groups in total. The summed E-state index contributed by atoms with van der Waals surface area (Å²) in [5, 5.41) is 6.81. The van der Waals surface area contributed by atoms with Gasteiger partial charge in [0.05, 0.1) is 22.0 Å². The van der Waals surface area contributed by atoms with Gasteiger partial charge in [0.1, 0.15) is 11.5 Å². The summed E-state index contributed by atoms with van der Waals surface area (Å²) >= 11 is 12.4. The molecule has 0 unspecified atom stereocenters. The van der Waals surface area contributed by atoms with Crippen LogP contribution in [0.2, 0.25) is 10.0 Å². The van der Waals surface area contributed by atoms with Crippen molar-refractivity contribution in [3.63, 3.8) is 0 Å². The third-order valence-corrected chi connectivity index (χ3v) is 5.24. The summed E-state index contributed by atoms with van der Waals surface area (Å²) in [5.74, 6) is 0.990. The number of hydrogen-bond donors (Lipinski definition) is 0. The van der Waals surface area contributed by atoms with Crippen LogP contribution in [0.3, 0.4) is 0 Å². The Hall–Kier alpha value is -2.82. The van der Waals surface area contributed by atoms with Crippen molar-refractivity contribution in [2.24, 2.45) is 5.10 Å². The zero-order chi connectivity index (χ0) is 19.8. The van der Waals surface area contributed by atoms with Gasteiger partial charge in [0, 0.05) is 10.6 Å². The predicted molar refractivity (Wildman–Crippen MR) is 114 cm³/mol. The predicted octanol–water partition coefficient (Wildman–Crippen LogP) is 6.37. The molecule has 0 aliphatic carbocycles. The molecule has 4 rings (SSSR count). The maximum Gasteiger partial charge on any atom is 0.280 e. The van der Waals surface area contributed by atoms with Crippen molar-refractivity contribution in [1.29, 1.82) is 0 Å². The molecular weight excluding hydrogens is 395 g/mol. The average Bonchev–Trinajstić information content (AvgIpc) is 3.25. The van der Waals surface area contributed by atoms with E-state index in [9.17, 15) is 4.79 Å². The number of nitrogens with zero attached hydrogens (tertiary/aromatic N) is 2. The number of anilines is 1. The van der Waals surface area contributed by atoms with Crippen LogP contribution < -0.4 is 5.01 Å². The van der Waals surface area contributed by atoms with Crippen molar-refractivity contribution in [2.45, 2.75) is 13.8 Å². The number of aryl methyl sites for hydroxylation is 1. The highest BCUT2D eigenvalue weighted by Crippen LogP contribution is 2.32. The highest BCUT2D eigenvalue weighted by molar-refractivity contribution is 6.37. The molecule has 1 aromatic heterocycles. The van der Waals surface area contributed by atoms with Crippen LogP contribution in [-0.4, -0.2) is 11.6 Å². The Morgan fingerprint density at radius 3 is 2.54 bits per heavy atom. The summed E-state index contributed by atoms with van der Waals surface area (Å²) in [6.45, 7) is 3.73. The van der Waals surface area contributed by atoms with Gasteiger partial charge in [-0.3, -0.25) is 4.79 Å². The van der Waals surface area contributed by atoms with Gasteiger partial charge in [-0.2, -0.15) is 10.1 Å². The molecule has 0 atom stereocenters. The summed E-state index contributed by atoms with van der Waals surface area (Å²) in [6, 6.07) is 16.5. The SMILES string of the molecule is CC1=NN(c2ccccc2Cl)C(=O)/C1=C\c1ccc(-c2ccc(C)c(Cl)c2)o1. The molecule has 4 nitrogen and oxygen atoms in total. The van der Waals surface area contributed by atoms with Gasteiger partial charge in [-0.25, -0.2) is 0 Å². The van der Waals surface area contributed by atoms with Crippen molar-refractivity contribution in [3.05, 3.63) is 81.5 Å². The van der Waals surface area contributed by atoms with Crippen LogP contribution in [0.25, 0.3) is 17.4 Å². The van der Waals surface area contributed by atoms with E-state index in [4.69, 9.17) is 27.6 Å². The Balaban J connectivity index is 1.64. The lowest BCUT2D eigenvalue weighted by molar-refractivity contribution is -0.114. The molecule has 6 heteroatoms. The van der Waals surface area contributed by atoms with Crippen LogP contribution in [-0.2, 0) is 4.79 Å². The standard InChI is InChI=1S/C22H16Cl2N2O2/c1-13-7-8-15(11-19(13)24)21-10-9-16(28-21)12-17-14(2)25-26(22(17)27)20-6-4-3-5-18(20)23/h3-12H,1-2H3/b17-12-. The zero-order valence-electron chi connectivity index (χ0n) is 15.2. The lowest BCUT2D eigenvalue weighted by atomic mass is 10.1. The van der Waals surface area contributed by atoms with E-state index in [0.29, 0.717) is 38.5 Å². The van der Waals surface area contributed by atoms with E-state index < -0.39 is 0 Å². The molecule has 1 aliphatic heterocycles. The highest BCUT2D eigenvalue weighted by atomic mass is 35.5. The van der Waals surface area contributed by atoms with Crippen LogP contribution in [0.5, 0.6) is 0 Å². The molecule has 1 aliphatic rings. The molecule has 1 amide bonds. The summed E-state index contributed by atoms with van der Waals surface area (Å²) in [5.41, 5.74) is 3.49. The number of hydrazone groups is 1. The molecule has 0 spiro atoms. The van der Waals surface area contributed by atoms with E-state index in [2.05, 4.69) is 5.10 Å². The molecule has 140 valence electrons. The summed E-state index contributed by atoms with van der Waals surface area (Å²) in [7, 11) is 0. The Bertz CT molecular complexity index is 1140. The first-order chi connectivity index (χ1) is 13.4. The fraction of sp³-hybridized carbons (Fsp3) is 0.0909. The lowest BCUT2D eigenvalue weighted by Crippen LogP contribution is -2.21. The Morgan fingerprint density at radius 1 is 1.00 bits per heavy atom. The normalized spacial score (nSPS) is 15.4. The van der Waals surface area contributed by atoms with Crippen LogP contribution in [0, 0.1) is 6.92 Å². The second-order valence-electron chi connectivity index (χ2n) is 6.48. The first-order valence-electron chi connectivity index (χ1n) is 8.66. The van der Waals surface area contributed by atoms with E-state index in [1.54, 1.807) is 31.2 Å². The molecule has 2 heterocycles. The third kappa shape index (κ3) is 3.37. The van der Waals surface area contributed by atoms with Gasteiger partial charge in [-0.15, -0.1) is 0 Å². The third-order valence-electron chi connectivity index (χ3n) is 4.51. The van der Waals surface area contributed by atoms with Gasteiger partial charge in [-0.1, -0.05) is 47.5 Å². The van der Waals surface area contributed by atoms with Gasteiger partial charge in [0.15, 0.2) is 0 Å². The number of carbonyl (C=O) groups is 1. The topological polar surface area (TPSA) is 45.8 Å². The number of furan rings is 1. The molecule has 3 aromatic rings. The zero-order valence-corrected chi connectivity index (χ0v) is 16.8. The number of benzene rings is 2. The molecule has 28 heavy (non-hydrogen) atoms. The fourth-order valence-corrected chi connectivity index (χ4v) is 3.34. The van der Waals surface area contributed by atoms with Gasteiger partial charge < -0.3 is 4.42 Å². The first kappa shape index (κ1) is 18.5. The van der Waals surface area contributed by atoms with Crippen molar-refractivity contribution in [1.82, 2.24) is 0 Å². The van der Waals surface area contributed by atoms with Gasteiger partial charge >= 0.3 is 0 Å². The maximum atomic E-state index is 12.9. The van der Waals surface area contributed by atoms with E-state index >= 15 is 0 Å². The number of carbonyl (C=O) groups excluding carboxylic acids is 1. The van der Waals surface area contributed by atoms with E-state index in [0.717, 1.165) is 11.1 Å². The highest BCUT2D eigenvalue weighted by Gasteiger charge is 2.30. The Labute approximate surface area is 172 Å². The van der Waals surface area contributed by atoms with E-state index in [1.807, 2.05) is 43.3 Å². The van der Waals surface area contributed by atoms with Gasteiger partial charge in [0.2, 0.25) is 0 Å². The molecular formula is C22H16Cl2N2O2. The largest absolute Gasteiger partial charge is 0.457 e. The molecule has 0 saturated carbocycles. The number of para-hydroxylation sites is 1. The van der Waals surface area contributed by atoms with E-state index in [-0.39, 0.29) is 5.91 Å².